The molecule has 0 aliphatic heterocycles. The molecular weight excluding hydrogens is 234 g/mol. The SMILES string of the molecule is CNC(c1ccc(F)cn1)c1cc(C)ccc1F. The van der Waals surface area contributed by atoms with E-state index in [4.69, 9.17) is 0 Å². The first kappa shape index (κ1) is 12.6. The molecule has 0 fully saturated rings. The molecule has 2 nitrogen and oxygen atoms in total. The highest BCUT2D eigenvalue weighted by Gasteiger charge is 2.17. The molecule has 94 valence electrons. The van der Waals surface area contributed by atoms with Gasteiger partial charge in [0.05, 0.1) is 17.9 Å². The Hall–Kier alpha value is -1.81. The number of hydrogen-bond acceptors (Lipinski definition) is 2. The maximum Gasteiger partial charge on any atom is 0.141 e. The van der Waals surface area contributed by atoms with Gasteiger partial charge in [0.15, 0.2) is 0 Å². The zero-order valence-electron chi connectivity index (χ0n) is 10.2. The Morgan fingerprint density at radius 1 is 1.17 bits per heavy atom. The molecule has 0 aliphatic rings. The fraction of sp³-hybridized carbons (Fsp3) is 0.214. The lowest BCUT2D eigenvalue weighted by molar-refractivity contribution is 0.566. The first-order valence-corrected chi connectivity index (χ1v) is 5.66. The number of aromatic nitrogens is 1. The van der Waals surface area contributed by atoms with E-state index in [1.54, 1.807) is 25.2 Å². The Bertz CT molecular complexity index is 538. The van der Waals surface area contributed by atoms with Gasteiger partial charge in [-0.25, -0.2) is 8.78 Å². The highest BCUT2D eigenvalue weighted by atomic mass is 19.1. The summed E-state index contributed by atoms with van der Waals surface area (Å²) in [5.41, 5.74) is 2.06. The second-order valence-corrected chi connectivity index (χ2v) is 4.15. The Kier molecular flexibility index (Phi) is 3.67. The van der Waals surface area contributed by atoms with Crippen LogP contribution in [0, 0.1) is 18.6 Å². The average Bonchev–Trinajstić information content (AvgIpc) is 2.37. The summed E-state index contributed by atoms with van der Waals surface area (Å²) in [4.78, 5) is 3.99. The standard InChI is InChI=1S/C14H14F2N2/c1-9-3-5-12(16)11(7-9)14(17-2)13-6-4-10(15)8-18-13/h3-8,14,17H,1-2H3. The highest BCUT2D eigenvalue weighted by Crippen LogP contribution is 2.23. The van der Waals surface area contributed by atoms with Crippen LogP contribution in [0.4, 0.5) is 8.78 Å². The molecule has 0 bridgehead atoms. The van der Waals surface area contributed by atoms with Crippen LogP contribution in [-0.4, -0.2) is 12.0 Å². The maximum absolute atomic E-state index is 13.8. The van der Waals surface area contributed by atoms with E-state index < -0.39 is 5.82 Å². The highest BCUT2D eigenvalue weighted by molar-refractivity contribution is 5.32. The van der Waals surface area contributed by atoms with Crippen molar-refractivity contribution < 1.29 is 8.78 Å². The van der Waals surface area contributed by atoms with E-state index in [1.807, 2.05) is 6.92 Å². The molecule has 1 heterocycles. The molecule has 1 N–H and O–H groups in total. The van der Waals surface area contributed by atoms with Gasteiger partial charge in [0.1, 0.15) is 11.6 Å². The van der Waals surface area contributed by atoms with Crippen molar-refractivity contribution in [2.24, 2.45) is 0 Å². The molecule has 0 saturated carbocycles. The second kappa shape index (κ2) is 5.23. The van der Waals surface area contributed by atoms with Gasteiger partial charge in [-0.2, -0.15) is 0 Å². The molecule has 0 amide bonds. The van der Waals surface area contributed by atoms with Crippen molar-refractivity contribution in [2.45, 2.75) is 13.0 Å². The van der Waals surface area contributed by atoms with Gasteiger partial charge in [0.2, 0.25) is 0 Å². The number of hydrogen-bond donors (Lipinski definition) is 1. The molecule has 1 unspecified atom stereocenters. The molecule has 0 radical (unpaired) electrons. The minimum Gasteiger partial charge on any atom is -0.308 e. The van der Waals surface area contributed by atoms with Crippen LogP contribution in [0.25, 0.3) is 0 Å². The summed E-state index contributed by atoms with van der Waals surface area (Å²) in [7, 11) is 1.72. The van der Waals surface area contributed by atoms with E-state index in [-0.39, 0.29) is 11.9 Å². The van der Waals surface area contributed by atoms with Crippen molar-refractivity contribution in [1.82, 2.24) is 10.3 Å². The largest absolute Gasteiger partial charge is 0.308 e. The predicted molar refractivity (Wildman–Crippen MR) is 66.2 cm³/mol. The van der Waals surface area contributed by atoms with E-state index in [0.29, 0.717) is 11.3 Å². The van der Waals surface area contributed by atoms with Gasteiger partial charge < -0.3 is 5.32 Å². The molecule has 0 saturated heterocycles. The van der Waals surface area contributed by atoms with Crippen LogP contribution in [0.15, 0.2) is 36.5 Å². The van der Waals surface area contributed by atoms with Crippen LogP contribution in [0.1, 0.15) is 22.9 Å². The van der Waals surface area contributed by atoms with Crippen molar-refractivity contribution in [1.29, 1.82) is 0 Å². The fourth-order valence-corrected chi connectivity index (χ4v) is 1.91. The number of rotatable bonds is 3. The Morgan fingerprint density at radius 2 is 1.94 bits per heavy atom. The van der Waals surface area contributed by atoms with Gasteiger partial charge in [-0.3, -0.25) is 4.98 Å². The molecule has 18 heavy (non-hydrogen) atoms. The zero-order chi connectivity index (χ0) is 13.1. The number of benzene rings is 1. The summed E-state index contributed by atoms with van der Waals surface area (Å²) in [5.74, 6) is -0.704. The first-order valence-electron chi connectivity index (χ1n) is 5.66. The third-order valence-electron chi connectivity index (χ3n) is 2.80. The van der Waals surface area contributed by atoms with Gasteiger partial charge in [0, 0.05) is 5.56 Å². The average molecular weight is 248 g/mol. The number of nitrogens with one attached hydrogen (secondary N) is 1. The minimum atomic E-state index is -0.404. The number of aryl methyl sites for hydroxylation is 1. The zero-order valence-corrected chi connectivity index (χ0v) is 10.2. The lowest BCUT2D eigenvalue weighted by Crippen LogP contribution is -2.20. The molecule has 1 aromatic heterocycles. The van der Waals surface area contributed by atoms with Gasteiger partial charge in [0.25, 0.3) is 0 Å². The molecule has 1 atom stereocenters. The number of pyridine rings is 1. The number of halogens is 2. The van der Waals surface area contributed by atoms with E-state index in [1.165, 1.54) is 12.1 Å². The van der Waals surface area contributed by atoms with Crippen molar-refractivity contribution in [3.63, 3.8) is 0 Å². The third kappa shape index (κ3) is 2.54. The van der Waals surface area contributed by atoms with Crippen molar-refractivity contribution >= 4 is 0 Å². The van der Waals surface area contributed by atoms with Crippen LogP contribution in [-0.2, 0) is 0 Å². The molecule has 4 heteroatoms. The predicted octanol–water partition coefficient (Wildman–Crippen LogP) is 2.98. The van der Waals surface area contributed by atoms with Crippen molar-refractivity contribution in [3.05, 3.63) is 65.0 Å². The smallest absolute Gasteiger partial charge is 0.141 e. The summed E-state index contributed by atoms with van der Waals surface area (Å²) in [6, 6.07) is 7.40. The van der Waals surface area contributed by atoms with E-state index in [0.717, 1.165) is 11.8 Å². The fourth-order valence-electron chi connectivity index (χ4n) is 1.91. The van der Waals surface area contributed by atoms with Crippen molar-refractivity contribution in [2.75, 3.05) is 7.05 Å². The summed E-state index contributed by atoms with van der Waals surface area (Å²) in [6.45, 7) is 1.90. The second-order valence-electron chi connectivity index (χ2n) is 4.15. The summed E-state index contributed by atoms with van der Waals surface area (Å²) in [6.07, 6.45) is 1.13. The third-order valence-corrected chi connectivity index (χ3v) is 2.80. The summed E-state index contributed by atoms with van der Waals surface area (Å²) in [5, 5.41) is 3.00. The topological polar surface area (TPSA) is 24.9 Å². The van der Waals surface area contributed by atoms with Gasteiger partial charge in [-0.05, 0) is 32.2 Å². The van der Waals surface area contributed by atoms with E-state index >= 15 is 0 Å². The molecule has 1 aromatic carbocycles. The Morgan fingerprint density at radius 3 is 2.56 bits per heavy atom. The molecule has 2 aromatic rings. The molecule has 2 rings (SSSR count). The molecule has 0 spiro atoms. The van der Waals surface area contributed by atoms with E-state index in [9.17, 15) is 8.78 Å². The maximum atomic E-state index is 13.8. The first-order chi connectivity index (χ1) is 8.61. The molecule has 0 aliphatic carbocycles. The van der Waals surface area contributed by atoms with Crippen LogP contribution >= 0.6 is 0 Å². The van der Waals surface area contributed by atoms with Crippen molar-refractivity contribution in [3.8, 4) is 0 Å². The molecular formula is C14H14F2N2. The van der Waals surface area contributed by atoms with Crippen LogP contribution < -0.4 is 5.32 Å². The summed E-state index contributed by atoms with van der Waals surface area (Å²) >= 11 is 0. The quantitative estimate of drug-likeness (QED) is 0.903. The Labute approximate surface area is 105 Å². The van der Waals surface area contributed by atoms with Gasteiger partial charge >= 0.3 is 0 Å². The normalized spacial score (nSPS) is 12.4. The lowest BCUT2D eigenvalue weighted by atomic mass is 10.0. The summed E-state index contributed by atoms with van der Waals surface area (Å²) < 4.78 is 26.7. The van der Waals surface area contributed by atoms with E-state index in [2.05, 4.69) is 10.3 Å². The van der Waals surface area contributed by atoms with Gasteiger partial charge in [-0.15, -0.1) is 0 Å². The van der Waals surface area contributed by atoms with Gasteiger partial charge in [-0.1, -0.05) is 17.7 Å². The monoisotopic (exact) mass is 248 g/mol. The van der Waals surface area contributed by atoms with Crippen LogP contribution in [0.2, 0.25) is 0 Å². The van der Waals surface area contributed by atoms with Crippen LogP contribution in [0.5, 0.6) is 0 Å². The lowest BCUT2D eigenvalue weighted by Gasteiger charge is -2.17. The number of nitrogens with zero attached hydrogens (tertiary/aromatic N) is 1. The minimum absolute atomic E-state index is 0.300. The van der Waals surface area contributed by atoms with Crippen LogP contribution in [0.3, 0.4) is 0 Å². The Balaban J connectivity index is 2.44.